The van der Waals surface area contributed by atoms with Crippen LogP contribution < -0.4 is 15.4 Å². The van der Waals surface area contributed by atoms with Crippen molar-refractivity contribution < 1.29 is 9.47 Å². The van der Waals surface area contributed by atoms with E-state index in [0.717, 1.165) is 82.6 Å². The van der Waals surface area contributed by atoms with Gasteiger partial charge in [0.1, 0.15) is 6.10 Å². The molecule has 29 heavy (non-hydrogen) atoms. The van der Waals surface area contributed by atoms with Gasteiger partial charge in [-0.2, -0.15) is 0 Å². The zero-order valence-electron chi connectivity index (χ0n) is 17.9. The molecule has 2 N–H and O–H groups in total. The maximum Gasteiger partial charge on any atom is 0.213 e. The number of aromatic nitrogens is 1. The van der Waals surface area contributed by atoms with Crippen LogP contribution in [0.25, 0.3) is 0 Å². The van der Waals surface area contributed by atoms with Crippen molar-refractivity contribution in [2.45, 2.75) is 58.1 Å². The molecule has 162 valence electrons. The maximum atomic E-state index is 6.01. The number of nitrogens with one attached hydrogen (secondary N) is 2. The Bertz CT molecular complexity index is 596. The van der Waals surface area contributed by atoms with Crippen LogP contribution in [0.1, 0.15) is 51.0 Å². The molecule has 1 aromatic heterocycles. The molecule has 2 aliphatic rings. The fraction of sp³-hybridized carbons (Fsp3) is 0.727. The van der Waals surface area contributed by atoms with E-state index in [0.29, 0.717) is 12.6 Å². The van der Waals surface area contributed by atoms with Crippen LogP contribution >= 0.6 is 0 Å². The second kappa shape index (κ2) is 12.6. The zero-order chi connectivity index (χ0) is 20.2. The largest absolute Gasteiger partial charge is 0.474 e. The van der Waals surface area contributed by atoms with Gasteiger partial charge in [0.25, 0.3) is 0 Å². The van der Waals surface area contributed by atoms with Gasteiger partial charge in [-0.05, 0) is 51.1 Å². The Kier molecular flexibility index (Phi) is 9.53. The molecule has 1 aliphatic heterocycles. The number of pyridine rings is 1. The second-order valence-corrected chi connectivity index (χ2v) is 7.81. The first-order valence-corrected chi connectivity index (χ1v) is 11.3. The molecular weight excluding hydrogens is 366 g/mol. The number of rotatable bonds is 9. The first-order chi connectivity index (χ1) is 14.3. The van der Waals surface area contributed by atoms with E-state index in [9.17, 15) is 0 Å². The van der Waals surface area contributed by atoms with Crippen molar-refractivity contribution in [1.82, 2.24) is 20.5 Å². The minimum Gasteiger partial charge on any atom is -0.474 e. The molecule has 2 fully saturated rings. The minimum atomic E-state index is 0.335. The third-order valence-corrected chi connectivity index (χ3v) is 5.45. The SMILES string of the molecule is CCNC(=NCc1ccc(OC2CCCCC2)nc1)NCCCN1CCOCC1. The van der Waals surface area contributed by atoms with Crippen LogP contribution in [0.15, 0.2) is 23.3 Å². The summed E-state index contributed by atoms with van der Waals surface area (Å²) in [5, 5.41) is 6.75. The summed E-state index contributed by atoms with van der Waals surface area (Å²) in [5.74, 6) is 1.59. The van der Waals surface area contributed by atoms with E-state index in [2.05, 4.69) is 33.5 Å². The van der Waals surface area contributed by atoms with Crippen molar-refractivity contribution >= 4 is 5.96 Å². The van der Waals surface area contributed by atoms with Crippen molar-refractivity contribution in [3.8, 4) is 5.88 Å². The molecule has 2 heterocycles. The standard InChI is InChI=1S/C22H37N5O2/c1-2-23-22(24-11-6-12-27-13-15-28-16-14-27)26-18-19-9-10-21(25-17-19)29-20-7-4-3-5-8-20/h9-10,17,20H,2-8,11-16,18H2,1H3,(H2,23,24,26). The van der Waals surface area contributed by atoms with Crippen LogP contribution in [0.4, 0.5) is 0 Å². The second-order valence-electron chi connectivity index (χ2n) is 7.81. The average Bonchev–Trinajstić information content (AvgIpc) is 2.77. The summed E-state index contributed by atoms with van der Waals surface area (Å²) in [7, 11) is 0. The monoisotopic (exact) mass is 403 g/mol. The first kappa shape index (κ1) is 21.8. The minimum absolute atomic E-state index is 0.335. The highest BCUT2D eigenvalue weighted by Crippen LogP contribution is 2.22. The number of ether oxygens (including phenoxy) is 2. The van der Waals surface area contributed by atoms with Gasteiger partial charge in [0.2, 0.25) is 5.88 Å². The van der Waals surface area contributed by atoms with Gasteiger partial charge in [0.15, 0.2) is 5.96 Å². The highest BCUT2D eigenvalue weighted by Gasteiger charge is 2.15. The summed E-state index contributed by atoms with van der Waals surface area (Å²) in [4.78, 5) is 11.6. The van der Waals surface area contributed by atoms with Gasteiger partial charge in [-0.15, -0.1) is 0 Å². The number of hydrogen-bond acceptors (Lipinski definition) is 5. The topological polar surface area (TPSA) is 71.0 Å². The van der Waals surface area contributed by atoms with Gasteiger partial charge in [-0.1, -0.05) is 12.5 Å². The highest BCUT2D eigenvalue weighted by molar-refractivity contribution is 5.79. The lowest BCUT2D eigenvalue weighted by molar-refractivity contribution is 0.0376. The van der Waals surface area contributed by atoms with Gasteiger partial charge < -0.3 is 20.1 Å². The number of nitrogens with zero attached hydrogens (tertiary/aromatic N) is 3. The zero-order valence-corrected chi connectivity index (χ0v) is 17.9. The summed E-state index contributed by atoms with van der Waals surface area (Å²) < 4.78 is 11.4. The van der Waals surface area contributed by atoms with E-state index in [1.165, 1.54) is 19.3 Å². The van der Waals surface area contributed by atoms with Crippen molar-refractivity contribution in [3.05, 3.63) is 23.9 Å². The average molecular weight is 404 g/mol. The Morgan fingerprint density at radius 1 is 1.21 bits per heavy atom. The molecule has 0 amide bonds. The predicted octanol–water partition coefficient (Wildman–Crippen LogP) is 2.57. The molecule has 0 atom stereocenters. The number of aliphatic imine (C=N–C) groups is 1. The van der Waals surface area contributed by atoms with Gasteiger partial charge in [-0.3, -0.25) is 4.90 Å². The Morgan fingerprint density at radius 3 is 2.76 bits per heavy atom. The Morgan fingerprint density at radius 2 is 2.03 bits per heavy atom. The van der Waals surface area contributed by atoms with Crippen LogP contribution in [0.5, 0.6) is 5.88 Å². The third kappa shape index (κ3) is 8.19. The molecule has 0 aromatic carbocycles. The van der Waals surface area contributed by atoms with Crippen LogP contribution in [0, 0.1) is 0 Å². The molecule has 3 rings (SSSR count). The van der Waals surface area contributed by atoms with Gasteiger partial charge >= 0.3 is 0 Å². The van der Waals surface area contributed by atoms with E-state index in [1.807, 2.05) is 12.3 Å². The van der Waals surface area contributed by atoms with Gasteiger partial charge in [-0.25, -0.2) is 9.98 Å². The van der Waals surface area contributed by atoms with Crippen LogP contribution in [-0.2, 0) is 11.3 Å². The lowest BCUT2D eigenvalue weighted by atomic mass is 9.98. The smallest absolute Gasteiger partial charge is 0.213 e. The van der Waals surface area contributed by atoms with Crippen LogP contribution in [0.3, 0.4) is 0 Å². The quantitative estimate of drug-likeness (QED) is 0.375. The van der Waals surface area contributed by atoms with E-state index in [-0.39, 0.29) is 0 Å². The van der Waals surface area contributed by atoms with Crippen LogP contribution in [0.2, 0.25) is 0 Å². The Labute approximate surface area is 175 Å². The highest BCUT2D eigenvalue weighted by atomic mass is 16.5. The Balaban J connectivity index is 1.40. The van der Waals surface area contributed by atoms with E-state index < -0.39 is 0 Å². The van der Waals surface area contributed by atoms with Crippen LogP contribution in [-0.4, -0.2) is 67.9 Å². The molecule has 0 spiro atoms. The fourth-order valence-electron chi connectivity index (χ4n) is 3.77. The summed E-state index contributed by atoms with van der Waals surface area (Å²) >= 11 is 0. The molecule has 0 bridgehead atoms. The Hall–Kier alpha value is -1.86. The van der Waals surface area contributed by atoms with E-state index in [1.54, 1.807) is 0 Å². The lowest BCUT2D eigenvalue weighted by Gasteiger charge is -2.26. The summed E-state index contributed by atoms with van der Waals surface area (Å²) in [6.07, 6.45) is 9.48. The third-order valence-electron chi connectivity index (χ3n) is 5.45. The molecule has 7 heteroatoms. The molecule has 1 aromatic rings. The van der Waals surface area contributed by atoms with Crippen molar-refractivity contribution in [2.75, 3.05) is 45.9 Å². The first-order valence-electron chi connectivity index (χ1n) is 11.3. The molecule has 1 aliphatic carbocycles. The molecule has 0 unspecified atom stereocenters. The van der Waals surface area contributed by atoms with Gasteiger partial charge in [0.05, 0.1) is 19.8 Å². The molecule has 7 nitrogen and oxygen atoms in total. The summed E-state index contributed by atoms with van der Waals surface area (Å²) in [6, 6.07) is 4.04. The predicted molar refractivity (Wildman–Crippen MR) is 116 cm³/mol. The van der Waals surface area contributed by atoms with E-state index >= 15 is 0 Å². The molecule has 0 radical (unpaired) electrons. The van der Waals surface area contributed by atoms with Crippen molar-refractivity contribution in [2.24, 2.45) is 4.99 Å². The van der Waals surface area contributed by atoms with Gasteiger partial charge in [0, 0.05) is 38.4 Å². The van der Waals surface area contributed by atoms with Crippen molar-refractivity contribution in [3.63, 3.8) is 0 Å². The summed E-state index contributed by atoms with van der Waals surface area (Å²) in [6.45, 7) is 9.36. The molecular formula is C22H37N5O2. The number of hydrogen-bond donors (Lipinski definition) is 2. The number of guanidine groups is 1. The molecule has 1 saturated heterocycles. The number of morpholine rings is 1. The van der Waals surface area contributed by atoms with E-state index in [4.69, 9.17) is 14.5 Å². The normalized spacial score (nSPS) is 19.1. The maximum absolute atomic E-state index is 6.01. The van der Waals surface area contributed by atoms with Crippen molar-refractivity contribution in [1.29, 1.82) is 0 Å². The summed E-state index contributed by atoms with van der Waals surface area (Å²) in [5.41, 5.74) is 1.09. The fourth-order valence-corrected chi connectivity index (χ4v) is 3.77. The lowest BCUT2D eigenvalue weighted by Crippen LogP contribution is -2.40. The molecule has 1 saturated carbocycles.